The van der Waals surface area contributed by atoms with E-state index >= 15 is 0 Å². The summed E-state index contributed by atoms with van der Waals surface area (Å²) in [5.74, 6) is 0.0247. The molecular formula is C11H17NO2S. The Bertz CT molecular complexity index is 285. The van der Waals surface area contributed by atoms with Crippen LogP contribution in [0.2, 0.25) is 0 Å². The van der Waals surface area contributed by atoms with Crippen LogP contribution < -0.4 is 5.32 Å². The van der Waals surface area contributed by atoms with Crippen molar-refractivity contribution in [2.75, 3.05) is 6.54 Å². The molecule has 0 saturated heterocycles. The molecule has 1 aromatic heterocycles. The minimum Gasteiger partial charge on any atom is -0.393 e. The first-order valence-corrected chi connectivity index (χ1v) is 6.12. The van der Waals surface area contributed by atoms with Crippen molar-refractivity contribution >= 4 is 17.2 Å². The fraction of sp³-hybridized carbons (Fsp3) is 0.545. The van der Waals surface area contributed by atoms with Crippen molar-refractivity contribution in [1.29, 1.82) is 0 Å². The van der Waals surface area contributed by atoms with Gasteiger partial charge in [-0.3, -0.25) is 4.79 Å². The molecule has 1 heterocycles. The van der Waals surface area contributed by atoms with E-state index in [1.54, 1.807) is 11.3 Å². The van der Waals surface area contributed by atoms with Gasteiger partial charge in [-0.1, -0.05) is 6.92 Å². The second-order valence-corrected chi connectivity index (χ2v) is 4.29. The van der Waals surface area contributed by atoms with Crippen molar-refractivity contribution in [1.82, 2.24) is 5.32 Å². The Kier molecular flexibility index (Phi) is 5.36. The largest absolute Gasteiger partial charge is 0.393 e. The SMILES string of the molecule is CCC(O)CCNC(=O)Cc1ccsc1. The molecule has 0 radical (unpaired) electrons. The van der Waals surface area contributed by atoms with Gasteiger partial charge in [0.15, 0.2) is 0 Å². The minimum absolute atomic E-state index is 0.0247. The lowest BCUT2D eigenvalue weighted by Gasteiger charge is -2.08. The van der Waals surface area contributed by atoms with Crippen LogP contribution in [0.25, 0.3) is 0 Å². The Morgan fingerprint density at radius 3 is 3.07 bits per heavy atom. The van der Waals surface area contributed by atoms with Crippen LogP contribution in [0.1, 0.15) is 25.3 Å². The molecule has 0 bridgehead atoms. The van der Waals surface area contributed by atoms with Crippen molar-refractivity contribution in [3.63, 3.8) is 0 Å². The van der Waals surface area contributed by atoms with Gasteiger partial charge < -0.3 is 10.4 Å². The van der Waals surface area contributed by atoms with E-state index in [1.807, 2.05) is 23.8 Å². The molecule has 4 heteroatoms. The fourth-order valence-electron chi connectivity index (χ4n) is 1.22. The normalized spacial score (nSPS) is 12.4. The summed E-state index contributed by atoms with van der Waals surface area (Å²) in [4.78, 5) is 11.4. The number of aliphatic hydroxyl groups is 1. The molecule has 0 saturated carbocycles. The maximum absolute atomic E-state index is 11.4. The molecule has 0 aliphatic carbocycles. The highest BCUT2D eigenvalue weighted by molar-refractivity contribution is 7.07. The van der Waals surface area contributed by atoms with Gasteiger partial charge >= 0.3 is 0 Å². The number of hydrogen-bond donors (Lipinski definition) is 2. The van der Waals surface area contributed by atoms with E-state index in [4.69, 9.17) is 0 Å². The smallest absolute Gasteiger partial charge is 0.224 e. The minimum atomic E-state index is -0.300. The lowest BCUT2D eigenvalue weighted by atomic mass is 10.2. The quantitative estimate of drug-likeness (QED) is 0.775. The Labute approximate surface area is 94.1 Å². The highest BCUT2D eigenvalue weighted by atomic mass is 32.1. The van der Waals surface area contributed by atoms with E-state index in [9.17, 15) is 9.90 Å². The van der Waals surface area contributed by atoms with Crippen molar-refractivity contribution in [2.45, 2.75) is 32.3 Å². The van der Waals surface area contributed by atoms with Gasteiger partial charge in [-0.05, 0) is 35.2 Å². The summed E-state index contributed by atoms with van der Waals surface area (Å²) in [6.45, 7) is 2.48. The molecule has 1 atom stereocenters. The van der Waals surface area contributed by atoms with E-state index in [0.29, 0.717) is 19.4 Å². The molecule has 0 fully saturated rings. The first kappa shape index (κ1) is 12.2. The van der Waals surface area contributed by atoms with E-state index < -0.39 is 0 Å². The number of nitrogens with one attached hydrogen (secondary N) is 1. The summed E-state index contributed by atoms with van der Waals surface area (Å²) in [5, 5.41) is 16.0. The Hall–Kier alpha value is -0.870. The van der Waals surface area contributed by atoms with Gasteiger partial charge in [-0.2, -0.15) is 11.3 Å². The topological polar surface area (TPSA) is 49.3 Å². The average molecular weight is 227 g/mol. The maximum atomic E-state index is 11.4. The molecule has 3 nitrogen and oxygen atoms in total. The van der Waals surface area contributed by atoms with Crippen LogP contribution in [0.5, 0.6) is 0 Å². The van der Waals surface area contributed by atoms with Crippen LogP contribution in [0.15, 0.2) is 16.8 Å². The summed E-state index contributed by atoms with van der Waals surface area (Å²) in [5.41, 5.74) is 1.05. The summed E-state index contributed by atoms with van der Waals surface area (Å²) >= 11 is 1.59. The highest BCUT2D eigenvalue weighted by Crippen LogP contribution is 2.06. The van der Waals surface area contributed by atoms with Crippen LogP contribution in [0.3, 0.4) is 0 Å². The lowest BCUT2D eigenvalue weighted by molar-refractivity contribution is -0.120. The molecule has 84 valence electrons. The van der Waals surface area contributed by atoms with Crippen LogP contribution >= 0.6 is 11.3 Å². The second-order valence-electron chi connectivity index (χ2n) is 3.51. The average Bonchev–Trinajstić information content (AvgIpc) is 2.70. The van der Waals surface area contributed by atoms with E-state index in [2.05, 4.69) is 5.32 Å². The predicted octanol–water partition coefficient (Wildman–Crippen LogP) is 1.57. The van der Waals surface area contributed by atoms with Gasteiger partial charge in [-0.15, -0.1) is 0 Å². The van der Waals surface area contributed by atoms with Crippen molar-refractivity contribution in [2.24, 2.45) is 0 Å². The number of carbonyl (C=O) groups is 1. The molecule has 0 aliphatic rings. The molecule has 1 amide bonds. The zero-order valence-electron chi connectivity index (χ0n) is 8.90. The molecule has 0 spiro atoms. The lowest BCUT2D eigenvalue weighted by Crippen LogP contribution is -2.28. The summed E-state index contributed by atoms with van der Waals surface area (Å²) in [6, 6.07) is 1.95. The van der Waals surface area contributed by atoms with Crippen LogP contribution in [-0.4, -0.2) is 23.7 Å². The molecule has 15 heavy (non-hydrogen) atoms. The van der Waals surface area contributed by atoms with Crippen LogP contribution in [0.4, 0.5) is 0 Å². The summed E-state index contributed by atoms with van der Waals surface area (Å²) in [7, 11) is 0. The zero-order chi connectivity index (χ0) is 11.1. The van der Waals surface area contributed by atoms with Gasteiger partial charge in [0.2, 0.25) is 5.91 Å². The van der Waals surface area contributed by atoms with Gasteiger partial charge in [0, 0.05) is 6.54 Å². The number of carbonyl (C=O) groups excluding carboxylic acids is 1. The van der Waals surface area contributed by atoms with Crippen molar-refractivity contribution in [3.05, 3.63) is 22.4 Å². The van der Waals surface area contributed by atoms with Gasteiger partial charge in [-0.25, -0.2) is 0 Å². The Balaban J connectivity index is 2.14. The Morgan fingerprint density at radius 1 is 1.67 bits per heavy atom. The van der Waals surface area contributed by atoms with Crippen LogP contribution in [-0.2, 0) is 11.2 Å². The number of hydrogen-bond acceptors (Lipinski definition) is 3. The number of amides is 1. The third-order valence-corrected chi connectivity index (χ3v) is 2.95. The number of rotatable bonds is 6. The second kappa shape index (κ2) is 6.58. The molecule has 1 unspecified atom stereocenters. The fourth-order valence-corrected chi connectivity index (χ4v) is 1.89. The van der Waals surface area contributed by atoms with Gasteiger partial charge in [0.1, 0.15) is 0 Å². The van der Waals surface area contributed by atoms with Crippen molar-refractivity contribution in [3.8, 4) is 0 Å². The van der Waals surface area contributed by atoms with Gasteiger partial charge in [0.05, 0.1) is 12.5 Å². The molecule has 2 N–H and O–H groups in total. The van der Waals surface area contributed by atoms with Crippen LogP contribution in [0, 0.1) is 0 Å². The van der Waals surface area contributed by atoms with E-state index in [1.165, 1.54) is 0 Å². The molecule has 1 rings (SSSR count). The monoisotopic (exact) mass is 227 g/mol. The highest BCUT2D eigenvalue weighted by Gasteiger charge is 2.04. The summed E-state index contributed by atoms with van der Waals surface area (Å²) < 4.78 is 0. The number of aliphatic hydroxyl groups excluding tert-OH is 1. The van der Waals surface area contributed by atoms with Gasteiger partial charge in [0.25, 0.3) is 0 Å². The third-order valence-electron chi connectivity index (χ3n) is 2.22. The Morgan fingerprint density at radius 2 is 2.47 bits per heavy atom. The molecule has 1 aromatic rings. The van der Waals surface area contributed by atoms with Crippen molar-refractivity contribution < 1.29 is 9.90 Å². The first-order valence-electron chi connectivity index (χ1n) is 5.18. The molecular weight excluding hydrogens is 210 g/mol. The van der Waals surface area contributed by atoms with E-state index in [0.717, 1.165) is 12.0 Å². The zero-order valence-corrected chi connectivity index (χ0v) is 9.72. The third kappa shape index (κ3) is 4.95. The standard InChI is InChI=1S/C11H17NO2S/c1-2-10(13)3-5-12-11(14)7-9-4-6-15-8-9/h4,6,8,10,13H,2-3,5,7H2,1H3,(H,12,14). The van der Waals surface area contributed by atoms with E-state index in [-0.39, 0.29) is 12.0 Å². The first-order chi connectivity index (χ1) is 7.22. The maximum Gasteiger partial charge on any atom is 0.224 e. The molecule has 0 aliphatic heterocycles. The number of thiophene rings is 1. The summed E-state index contributed by atoms with van der Waals surface area (Å²) in [6.07, 6.45) is 1.50. The predicted molar refractivity (Wildman–Crippen MR) is 61.9 cm³/mol. The molecule has 0 aromatic carbocycles.